The van der Waals surface area contributed by atoms with Gasteiger partial charge in [0.25, 0.3) is 0 Å². The molecular weight excluding hydrogens is 1830 g/mol. The summed E-state index contributed by atoms with van der Waals surface area (Å²) >= 11 is 0. The first-order valence-corrected chi connectivity index (χ1v) is 51.3. The lowest BCUT2D eigenvalue weighted by Crippen LogP contribution is -2.16. The van der Waals surface area contributed by atoms with Crippen molar-refractivity contribution in [1.29, 1.82) is 0 Å². The highest BCUT2D eigenvalue weighted by Gasteiger charge is 2.30. The Morgan fingerprint density at radius 3 is 0.215 bits per heavy atom. The maximum Gasteiger partial charge on any atom is 0.126 e. The van der Waals surface area contributed by atoms with Crippen molar-refractivity contribution >= 4 is 0 Å². The number of para-hydroxylation sites is 12. The fourth-order valence-corrected chi connectivity index (χ4v) is 20.0. The molecule has 0 fully saturated rings. The molecule has 36 bridgehead atoms. The molecule has 0 aromatic heterocycles. The van der Waals surface area contributed by atoms with E-state index in [9.17, 15) is 0 Å². The van der Waals surface area contributed by atoms with Crippen molar-refractivity contribution < 1.29 is 114 Å². The standard InChI is InChI=1S/C120H132O24/c1-13-85-73-93-21-5-23-95-75-87-15-2-16-88-76-96-24-6-22-94(74-86(14-1)109(85)133-61-49-125-45-41-121-37-38-122-42-46-126-50-62-134-110(87)88)114(96)138-66-54-130-58-70-142-118-103-31-10-32-104(118)84-108-36-12-34-106-82-102-30-9-29-101(117(102)141-69-57-129-53-65-137-113(93)95)81-105-33-11-35-107(83-103)119(105)143-71-59-131-55-67-139-115-97-25-7-27-99(115)79-91-19-4-20-92-80-100-28-8-26-98(116(100)140-68-56-132-60-72-144-120(106)108)78-90-18-3-17-89(77-97)111(90)135-63-51-127-47-43-123-39-40-124-44-48-128-52-64-136-112(91)92/h1-36H,37-84H2. The van der Waals surface area contributed by atoms with Crippen LogP contribution in [0.25, 0.3) is 0 Å². The molecule has 0 radical (unpaired) electrons. The summed E-state index contributed by atoms with van der Waals surface area (Å²) in [6.45, 7) is 11.7. The summed E-state index contributed by atoms with van der Waals surface area (Å²) in [5.74, 6) is 9.20. The van der Waals surface area contributed by atoms with E-state index in [-0.39, 0.29) is 106 Å². The Hall–Kier alpha value is -12.2. The fraction of sp³-hybridized carbons (Fsp3) is 0.400. The molecule has 144 heavy (non-hydrogen) atoms. The smallest absolute Gasteiger partial charge is 0.126 e. The topological polar surface area (TPSA) is 222 Å². The summed E-state index contributed by atoms with van der Waals surface area (Å²) in [4.78, 5) is 0. The van der Waals surface area contributed by atoms with Gasteiger partial charge in [0.1, 0.15) is 148 Å². The summed E-state index contributed by atoms with van der Waals surface area (Å²) in [6.07, 6.45) is 5.72. The van der Waals surface area contributed by atoms with Crippen molar-refractivity contribution in [3.05, 3.63) is 352 Å². The molecule has 0 saturated carbocycles. The maximum atomic E-state index is 7.26. The summed E-state index contributed by atoms with van der Waals surface area (Å²) < 4.78 is 161. The first kappa shape index (κ1) is 100. The molecule has 0 spiro atoms. The fourth-order valence-electron chi connectivity index (χ4n) is 20.0. The molecule has 9 aliphatic rings. The summed E-state index contributed by atoms with van der Waals surface area (Å²) in [6, 6.07) is 77.3. The minimum atomic E-state index is 0.226. The van der Waals surface area contributed by atoms with E-state index in [1.807, 2.05) is 0 Å². The third-order valence-electron chi connectivity index (χ3n) is 26.6. The predicted octanol–water partition coefficient (Wildman–Crippen LogP) is 17.9. The van der Waals surface area contributed by atoms with Crippen LogP contribution >= 0.6 is 0 Å². The minimum absolute atomic E-state index is 0.226. The summed E-state index contributed by atoms with van der Waals surface area (Å²) in [7, 11) is 0. The average Bonchev–Trinajstić information content (AvgIpc) is 0.790. The van der Waals surface area contributed by atoms with Crippen LogP contribution in [0.15, 0.2) is 218 Å². The number of hydrogen-bond donors (Lipinski definition) is 0. The van der Waals surface area contributed by atoms with Crippen LogP contribution in [0, 0.1) is 0 Å². The molecule has 0 N–H and O–H groups in total. The van der Waals surface area contributed by atoms with Crippen molar-refractivity contribution in [1.82, 2.24) is 0 Å². The molecule has 3 aliphatic carbocycles. The predicted molar refractivity (Wildman–Crippen MR) is 547 cm³/mol. The SMILES string of the molecule is c1cc2c3c(c1)Cc1cccc4c1OCCOCCOc1c5cccc1Cc1cccc6c1OCCOCCOc1c7cccc1Cc1cccc8c1OCCOCCOCCOCCOCCOc1c(cccc1C7)Cc1cccc(c1OCCOCCOc1c(cccc1C5)Cc1cccc(c1OCCOCCOc1c(cccc1Cc1cccc(c1OCCOCCOCCOCCOCCO3)C4)C2)C6)C8. The molecular formula is C120H132O24. The number of hydrogen-bond acceptors (Lipinski definition) is 24. The molecule has 24 heteroatoms. The van der Waals surface area contributed by atoms with E-state index in [0.717, 1.165) is 203 Å². The van der Waals surface area contributed by atoms with Gasteiger partial charge in [0.2, 0.25) is 0 Å². The van der Waals surface area contributed by atoms with Gasteiger partial charge in [-0.25, -0.2) is 0 Å². The van der Waals surface area contributed by atoms with E-state index in [0.29, 0.717) is 209 Å². The van der Waals surface area contributed by atoms with Crippen molar-refractivity contribution in [2.75, 3.05) is 238 Å². The van der Waals surface area contributed by atoms with Gasteiger partial charge in [-0.2, -0.15) is 0 Å². The van der Waals surface area contributed by atoms with Crippen molar-refractivity contribution in [2.45, 2.75) is 77.0 Å². The normalized spacial score (nSPS) is 17.8. The highest BCUT2D eigenvalue weighted by atomic mass is 16.6. The Balaban J connectivity index is 0.666. The van der Waals surface area contributed by atoms with Gasteiger partial charge in [0.05, 0.1) is 159 Å². The van der Waals surface area contributed by atoms with E-state index < -0.39 is 0 Å². The van der Waals surface area contributed by atoms with E-state index in [4.69, 9.17) is 114 Å². The zero-order chi connectivity index (χ0) is 97.2. The summed E-state index contributed by atoms with van der Waals surface area (Å²) in [5, 5.41) is 0. The number of benzene rings is 12. The van der Waals surface area contributed by atoms with Crippen LogP contribution in [-0.4, -0.2) is 238 Å². The van der Waals surface area contributed by atoms with Gasteiger partial charge in [-0.1, -0.05) is 218 Å². The molecule has 21 rings (SSSR count). The quantitative estimate of drug-likeness (QED) is 0.129. The molecule has 6 heterocycles. The van der Waals surface area contributed by atoms with Crippen LogP contribution in [0.2, 0.25) is 0 Å². The Bertz CT molecular complexity index is 5180. The lowest BCUT2D eigenvalue weighted by Gasteiger charge is -2.23. The Morgan fingerprint density at radius 1 is 0.0833 bits per heavy atom. The van der Waals surface area contributed by atoms with Crippen LogP contribution in [0.3, 0.4) is 0 Å². The van der Waals surface area contributed by atoms with Gasteiger partial charge < -0.3 is 114 Å². The first-order chi connectivity index (χ1) is 71.5. The second kappa shape index (κ2) is 53.0. The van der Waals surface area contributed by atoms with Crippen molar-refractivity contribution in [3.8, 4) is 69.0 Å². The van der Waals surface area contributed by atoms with Crippen LogP contribution in [0.5, 0.6) is 69.0 Å². The number of fused-ring (bicyclic) bond motifs is 24. The molecule has 0 amide bonds. The van der Waals surface area contributed by atoms with Gasteiger partial charge in [-0.05, 0) is 134 Å². The lowest BCUT2D eigenvalue weighted by molar-refractivity contribution is -0.00706. The second-order valence-electron chi connectivity index (χ2n) is 36.5. The highest BCUT2D eigenvalue weighted by molar-refractivity contribution is 5.62. The molecule has 12 aromatic carbocycles. The van der Waals surface area contributed by atoms with Crippen molar-refractivity contribution in [2.24, 2.45) is 0 Å². The molecule has 12 aromatic rings. The van der Waals surface area contributed by atoms with Crippen LogP contribution < -0.4 is 56.8 Å². The van der Waals surface area contributed by atoms with Crippen LogP contribution in [-0.2, 0) is 134 Å². The molecule has 6 aliphatic heterocycles. The van der Waals surface area contributed by atoms with Crippen LogP contribution in [0.4, 0.5) is 0 Å². The maximum absolute atomic E-state index is 7.26. The largest absolute Gasteiger partial charge is 0.491 e. The van der Waals surface area contributed by atoms with E-state index in [1.165, 1.54) is 0 Å². The first-order valence-electron chi connectivity index (χ1n) is 51.3. The monoisotopic (exact) mass is 1960 g/mol. The van der Waals surface area contributed by atoms with Gasteiger partial charge in [-0.3, -0.25) is 0 Å². The molecule has 0 saturated heterocycles. The van der Waals surface area contributed by atoms with Gasteiger partial charge >= 0.3 is 0 Å². The Kier molecular flexibility index (Phi) is 37.0. The van der Waals surface area contributed by atoms with Gasteiger partial charge in [0.15, 0.2) is 0 Å². The average molecular weight is 1960 g/mol. The van der Waals surface area contributed by atoms with E-state index >= 15 is 0 Å². The van der Waals surface area contributed by atoms with Gasteiger partial charge in [0, 0.05) is 77.0 Å². The highest BCUT2D eigenvalue weighted by Crippen LogP contribution is 2.46. The molecule has 756 valence electrons. The zero-order valence-electron chi connectivity index (χ0n) is 82.5. The van der Waals surface area contributed by atoms with E-state index in [1.54, 1.807) is 0 Å². The van der Waals surface area contributed by atoms with Crippen molar-refractivity contribution in [3.63, 3.8) is 0 Å². The Labute approximate surface area is 844 Å². The molecule has 0 atom stereocenters. The second-order valence-corrected chi connectivity index (χ2v) is 36.5. The van der Waals surface area contributed by atoms with E-state index in [2.05, 4.69) is 218 Å². The number of rotatable bonds is 0. The molecule has 24 nitrogen and oxygen atoms in total. The zero-order valence-corrected chi connectivity index (χ0v) is 82.5. The van der Waals surface area contributed by atoms with Gasteiger partial charge in [-0.15, -0.1) is 0 Å². The lowest BCUT2D eigenvalue weighted by atomic mass is 9.91. The van der Waals surface area contributed by atoms with Crippen LogP contribution in [0.1, 0.15) is 134 Å². The third kappa shape index (κ3) is 27.1. The Morgan fingerprint density at radius 2 is 0.146 bits per heavy atom. The minimum Gasteiger partial charge on any atom is -0.491 e. The number of ether oxygens (including phenoxy) is 24. The summed E-state index contributed by atoms with van der Waals surface area (Å²) in [5.41, 5.74) is 23.6. The third-order valence-corrected chi connectivity index (χ3v) is 26.6. The molecule has 0 unspecified atom stereocenters.